The fourth-order valence-corrected chi connectivity index (χ4v) is 3.25. The molecular formula is C20H18O3. The molecule has 0 radical (unpaired) electrons. The molecule has 0 spiro atoms. The minimum atomic E-state index is -0.357. The van der Waals surface area contributed by atoms with Crippen molar-refractivity contribution in [3.8, 4) is 0 Å². The summed E-state index contributed by atoms with van der Waals surface area (Å²) in [7, 11) is 1.38. The average molecular weight is 306 g/mol. The van der Waals surface area contributed by atoms with Crippen molar-refractivity contribution in [1.82, 2.24) is 0 Å². The van der Waals surface area contributed by atoms with Crippen molar-refractivity contribution in [3.05, 3.63) is 76.9 Å². The average Bonchev–Trinajstić information content (AvgIpc) is 2.87. The Kier molecular flexibility index (Phi) is 4.11. The van der Waals surface area contributed by atoms with Crippen LogP contribution in [0.2, 0.25) is 0 Å². The molecule has 1 atom stereocenters. The number of fused-ring (bicyclic) bond motifs is 1. The van der Waals surface area contributed by atoms with Gasteiger partial charge in [0.25, 0.3) is 0 Å². The molecule has 0 fully saturated rings. The van der Waals surface area contributed by atoms with E-state index in [1.807, 2.05) is 49.4 Å². The van der Waals surface area contributed by atoms with Gasteiger partial charge in [-0.1, -0.05) is 54.6 Å². The zero-order valence-corrected chi connectivity index (χ0v) is 13.2. The number of hydrogen-bond acceptors (Lipinski definition) is 3. The number of hydrogen-bond donors (Lipinski definition) is 0. The largest absolute Gasteiger partial charge is 0.466 e. The highest BCUT2D eigenvalue weighted by molar-refractivity contribution is 6.05. The van der Waals surface area contributed by atoms with E-state index in [0.717, 1.165) is 16.7 Å². The van der Waals surface area contributed by atoms with Gasteiger partial charge in [-0.25, -0.2) is 4.79 Å². The van der Waals surface area contributed by atoms with E-state index < -0.39 is 0 Å². The lowest BCUT2D eigenvalue weighted by Gasteiger charge is -2.15. The van der Waals surface area contributed by atoms with Crippen LogP contribution in [0.3, 0.4) is 0 Å². The maximum atomic E-state index is 12.6. The first-order valence-electron chi connectivity index (χ1n) is 7.60. The van der Waals surface area contributed by atoms with Crippen molar-refractivity contribution in [1.29, 1.82) is 0 Å². The quantitative estimate of drug-likeness (QED) is 0.633. The molecule has 0 saturated heterocycles. The third-order valence-corrected chi connectivity index (χ3v) is 4.38. The minimum Gasteiger partial charge on any atom is -0.466 e. The van der Waals surface area contributed by atoms with Crippen LogP contribution in [0.15, 0.2) is 60.2 Å². The Bertz CT molecular complexity index is 788. The van der Waals surface area contributed by atoms with Crippen LogP contribution in [0.5, 0.6) is 0 Å². The van der Waals surface area contributed by atoms with Crippen LogP contribution in [0.4, 0.5) is 0 Å². The number of methoxy groups -OCH3 is 1. The van der Waals surface area contributed by atoms with Crippen LogP contribution in [0.1, 0.15) is 40.7 Å². The number of benzene rings is 2. The molecule has 116 valence electrons. The normalized spacial score (nSPS) is 16.2. The number of carbonyl (C=O) groups excluding carboxylic acids is 2. The summed E-state index contributed by atoms with van der Waals surface area (Å²) < 4.78 is 4.95. The maximum absolute atomic E-state index is 12.6. The molecule has 2 aromatic rings. The van der Waals surface area contributed by atoms with Crippen molar-refractivity contribution < 1.29 is 14.3 Å². The first-order valence-corrected chi connectivity index (χ1v) is 7.60. The van der Waals surface area contributed by atoms with E-state index in [-0.39, 0.29) is 24.1 Å². The Morgan fingerprint density at radius 3 is 2.35 bits per heavy atom. The number of Topliss-reactive ketones (excluding diaryl/α,β-unsaturated/α-hetero) is 1. The predicted molar refractivity (Wildman–Crippen MR) is 89.2 cm³/mol. The summed E-state index contributed by atoms with van der Waals surface area (Å²) in [6, 6.07) is 17.0. The second-order valence-electron chi connectivity index (χ2n) is 5.66. The fourth-order valence-electron chi connectivity index (χ4n) is 3.25. The Hall–Kier alpha value is -2.68. The van der Waals surface area contributed by atoms with Gasteiger partial charge in [-0.2, -0.15) is 0 Å². The summed E-state index contributed by atoms with van der Waals surface area (Å²) in [5, 5.41) is 0. The summed E-state index contributed by atoms with van der Waals surface area (Å²) >= 11 is 0. The van der Waals surface area contributed by atoms with Gasteiger partial charge < -0.3 is 4.74 Å². The highest BCUT2D eigenvalue weighted by atomic mass is 16.5. The van der Waals surface area contributed by atoms with E-state index >= 15 is 0 Å². The highest BCUT2D eigenvalue weighted by Crippen LogP contribution is 2.44. The highest BCUT2D eigenvalue weighted by Gasteiger charge is 2.35. The molecular weight excluding hydrogens is 288 g/mol. The monoisotopic (exact) mass is 306 g/mol. The van der Waals surface area contributed by atoms with Crippen LogP contribution in [0.25, 0.3) is 5.57 Å². The van der Waals surface area contributed by atoms with Gasteiger partial charge in [0.05, 0.1) is 7.11 Å². The van der Waals surface area contributed by atoms with Gasteiger partial charge in [0.1, 0.15) is 0 Å². The first kappa shape index (κ1) is 15.2. The molecule has 2 aromatic carbocycles. The van der Waals surface area contributed by atoms with Gasteiger partial charge in [-0.3, -0.25) is 4.79 Å². The number of carbonyl (C=O) groups is 2. The zero-order chi connectivity index (χ0) is 16.4. The maximum Gasteiger partial charge on any atom is 0.334 e. The second-order valence-corrected chi connectivity index (χ2v) is 5.66. The minimum absolute atomic E-state index is 0.0292. The molecule has 0 bridgehead atoms. The van der Waals surface area contributed by atoms with Crippen molar-refractivity contribution in [2.45, 2.75) is 19.3 Å². The molecule has 1 aliphatic rings. The van der Waals surface area contributed by atoms with E-state index in [4.69, 9.17) is 4.74 Å². The van der Waals surface area contributed by atoms with Crippen molar-refractivity contribution >= 4 is 17.3 Å². The smallest absolute Gasteiger partial charge is 0.334 e. The molecule has 1 aliphatic carbocycles. The van der Waals surface area contributed by atoms with Crippen molar-refractivity contribution in [3.63, 3.8) is 0 Å². The molecule has 23 heavy (non-hydrogen) atoms. The third-order valence-electron chi connectivity index (χ3n) is 4.38. The van der Waals surface area contributed by atoms with Crippen LogP contribution in [-0.2, 0) is 9.53 Å². The second kappa shape index (κ2) is 6.21. The SMILES string of the molecule is COC(=O)C1=C(C)c2ccccc2C1CC(=O)c1ccccc1. The Morgan fingerprint density at radius 1 is 1.00 bits per heavy atom. The molecule has 0 aliphatic heterocycles. The van der Waals surface area contributed by atoms with Crippen LogP contribution < -0.4 is 0 Å². The van der Waals surface area contributed by atoms with Gasteiger partial charge in [-0.05, 0) is 23.6 Å². The molecule has 0 N–H and O–H groups in total. The summed E-state index contributed by atoms with van der Waals surface area (Å²) in [6.45, 7) is 1.91. The van der Waals surface area contributed by atoms with Gasteiger partial charge >= 0.3 is 5.97 Å². The van der Waals surface area contributed by atoms with Crippen LogP contribution >= 0.6 is 0 Å². The lowest BCUT2D eigenvalue weighted by molar-refractivity contribution is -0.136. The zero-order valence-electron chi connectivity index (χ0n) is 13.2. The molecule has 3 nitrogen and oxygen atoms in total. The van der Waals surface area contributed by atoms with E-state index in [1.165, 1.54) is 7.11 Å². The lowest BCUT2D eigenvalue weighted by atomic mass is 9.89. The summed E-state index contributed by atoms with van der Waals surface area (Å²) in [5.41, 5.74) is 4.21. The van der Waals surface area contributed by atoms with Crippen LogP contribution in [-0.4, -0.2) is 18.9 Å². The molecule has 0 heterocycles. The molecule has 0 saturated carbocycles. The fraction of sp³-hybridized carbons (Fsp3) is 0.200. The number of rotatable bonds is 4. The van der Waals surface area contributed by atoms with Gasteiger partial charge in [0.15, 0.2) is 5.78 Å². The summed E-state index contributed by atoms with van der Waals surface area (Å²) in [6.07, 6.45) is 0.267. The molecule has 0 aromatic heterocycles. The van der Waals surface area contributed by atoms with Crippen molar-refractivity contribution in [2.24, 2.45) is 0 Å². The van der Waals surface area contributed by atoms with Gasteiger partial charge in [0.2, 0.25) is 0 Å². The number of ether oxygens (including phenoxy) is 1. The van der Waals surface area contributed by atoms with Crippen molar-refractivity contribution in [2.75, 3.05) is 7.11 Å². The van der Waals surface area contributed by atoms with Gasteiger partial charge in [-0.15, -0.1) is 0 Å². The number of ketones is 1. The standard InChI is InChI=1S/C20H18O3/c1-13-15-10-6-7-11-16(15)17(19(13)20(22)23-2)12-18(21)14-8-4-3-5-9-14/h3-11,17H,12H2,1-2H3. The van der Waals surface area contributed by atoms with E-state index in [2.05, 4.69) is 0 Å². The Balaban J connectivity index is 1.99. The topological polar surface area (TPSA) is 43.4 Å². The molecule has 3 rings (SSSR count). The third kappa shape index (κ3) is 2.70. The number of allylic oxidation sites excluding steroid dienone is 1. The summed E-state index contributed by atoms with van der Waals surface area (Å²) in [4.78, 5) is 24.8. The van der Waals surface area contributed by atoms with E-state index in [9.17, 15) is 9.59 Å². The Labute approximate surface area is 135 Å². The Morgan fingerprint density at radius 2 is 1.65 bits per heavy atom. The molecule has 0 amide bonds. The molecule has 3 heteroatoms. The van der Waals surface area contributed by atoms with Gasteiger partial charge in [0, 0.05) is 23.5 Å². The lowest BCUT2D eigenvalue weighted by Crippen LogP contribution is -2.14. The van der Waals surface area contributed by atoms with Crippen LogP contribution in [0, 0.1) is 0 Å². The van der Waals surface area contributed by atoms with E-state index in [1.54, 1.807) is 12.1 Å². The predicted octanol–water partition coefficient (Wildman–Crippen LogP) is 4.00. The first-order chi connectivity index (χ1) is 11.1. The molecule has 1 unspecified atom stereocenters. The number of esters is 1. The summed E-state index contributed by atoms with van der Waals surface area (Å²) in [5.74, 6) is -0.572. The van der Waals surface area contributed by atoms with E-state index in [0.29, 0.717) is 11.1 Å².